The normalized spacial score (nSPS) is 39.7. The number of hydrogen-bond acceptors (Lipinski definition) is 2. The molecule has 0 aliphatic heterocycles. The second kappa shape index (κ2) is 1.85. The van der Waals surface area contributed by atoms with Gasteiger partial charge in [0.2, 0.25) is 0 Å². The molecule has 3 aliphatic rings. The molecule has 0 heterocycles. The fourth-order valence-electron chi connectivity index (χ4n) is 3.58. The summed E-state index contributed by atoms with van der Waals surface area (Å²) in [5.41, 5.74) is 2.94. The number of non-ortho nitro benzene ring substituents is 1. The van der Waals surface area contributed by atoms with Crippen molar-refractivity contribution in [3.05, 3.63) is 39.4 Å². The lowest BCUT2D eigenvalue weighted by Crippen LogP contribution is -2.14. The highest BCUT2D eigenvalue weighted by atomic mass is 16.6. The van der Waals surface area contributed by atoms with Crippen LogP contribution in [-0.2, 0) is 0 Å². The lowest BCUT2D eigenvalue weighted by Gasteiger charge is -2.26. The van der Waals surface area contributed by atoms with Crippen LogP contribution in [0.1, 0.15) is 29.4 Å². The summed E-state index contributed by atoms with van der Waals surface area (Å²) in [5.74, 6) is 3.25. The van der Waals surface area contributed by atoms with Crippen LogP contribution in [0.15, 0.2) is 18.2 Å². The Morgan fingerprint density at radius 3 is 3.00 bits per heavy atom. The average molecular weight is 187 g/mol. The van der Waals surface area contributed by atoms with Gasteiger partial charge in [0.15, 0.2) is 0 Å². The highest BCUT2D eigenvalue weighted by molar-refractivity contribution is 5.55. The van der Waals surface area contributed by atoms with Crippen LogP contribution in [0.2, 0.25) is 0 Å². The van der Waals surface area contributed by atoms with Crippen LogP contribution in [0.3, 0.4) is 0 Å². The van der Waals surface area contributed by atoms with Gasteiger partial charge >= 0.3 is 0 Å². The summed E-state index contributed by atoms with van der Waals surface area (Å²) in [6.45, 7) is 0. The Bertz CT molecular complexity index is 468. The van der Waals surface area contributed by atoms with Crippen LogP contribution in [0, 0.1) is 22.0 Å². The van der Waals surface area contributed by atoms with E-state index in [1.807, 2.05) is 6.07 Å². The average Bonchev–Trinajstić information content (AvgIpc) is 2.62. The van der Waals surface area contributed by atoms with E-state index in [4.69, 9.17) is 0 Å². The van der Waals surface area contributed by atoms with Crippen LogP contribution >= 0.6 is 0 Å². The fourth-order valence-corrected chi connectivity index (χ4v) is 3.58. The monoisotopic (exact) mass is 187 g/mol. The van der Waals surface area contributed by atoms with Gasteiger partial charge in [-0.05, 0) is 41.2 Å². The molecule has 0 aromatic heterocycles. The largest absolute Gasteiger partial charge is 0.269 e. The third kappa shape index (κ3) is 0.567. The van der Waals surface area contributed by atoms with E-state index in [-0.39, 0.29) is 10.6 Å². The fraction of sp³-hybridized carbons (Fsp3) is 0.455. The molecule has 3 nitrogen and oxygen atoms in total. The van der Waals surface area contributed by atoms with Gasteiger partial charge in [0.1, 0.15) is 0 Å². The summed E-state index contributed by atoms with van der Waals surface area (Å²) in [7, 11) is 0. The number of hydrogen-bond donors (Lipinski definition) is 0. The molecule has 0 saturated heterocycles. The molecule has 0 N–H and O–H groups in total. The standard InChI is InChI=1S/C11H9NO2/c13-12(14)5-1-2-6-7(3-5)8-4-9-10(6)11(8)9/h1-3,8-11H,4H2/t8-,9-,10-,11+/m1/s1. The molecule has 0 bridgehead atoms. The minimum Gasteiger partial charge on any atom is -0.258 e. The summed E-state index contributed by atoms with van der Waals surface area (Å²) >= 11 is 0. The van der Waals surface area contributed by atoms with E-state index >= 15 is 0 Å². The maximum atomic E-state index is 10.6. The topological polar surface area (TPSA) is 43.1 Å². The van der Waals surface area contributed by atoms with E-state index in [0.29, 0.717) is 5.92 Å². The van der Waals surface area contributed by atoms with E-state index in [9.17, 15) is 10.1 Å². The van der Waals surface area contributed by atoms with Crippen molar-refractivity contribution in [1.82, 2.24) is 0 Å². The van der Waals surface area contributed by atoms with Gasteiger partial charge in [-0.1, -0.05) is 6.07 Å². The maximum Gasteiger partial charge on any atom is 0.269 e. The highest BCUT2D eigenvalue weighted by Gasteiger charge is 2.68. The molecule has 4 atom stereocenters. The number of nitrogens with zero attached hydrogens (tertiary/aromatic N) is 1. The summed E-state index contributed by atoms with van der Waals surface area (Å²) in [6, 6.07) is 5.42. The number of rotatable bonds is 1. The predicted octanol–water partition coefficient (Wildman–Crippen LogP) is 2.43. The van der Waals surface area contributed by atoms with Crippen molar-refractivity contribution in [2.24, 2.45) is 11.8 Å². The van der Waals surface area contributed by atoms with Crippen LogP contribution in [0.25, 0.3) is 0 Å². The zero-order valence-corrected chi connectivity index (χ0v) is 7.51. The molecule has 3 heteroatoms. The Balaban J connectivity index is 1.90. The molecule has 4 rings (SSSR count). The first-order valence-electron chi connectivity index (χ1n) is 5.05. The van der Waals surface area contributed by atoms with Crippen molar-refractivity contribution in [3.63, 3.8) is 0 Å². The van der Waals surface area contributed by atoms with Crippen molar-refractivity contribution in [2.45, 2.75) is 18.3 Å². The van der Waals surface area contributed by atoms with Gasteiger partial charge in [0.25, 0.3) is 5.69 Å². The lowest BCUT2D eigenvalue weighted by molar-refractivity contribution is -0.385. The van der Waals surface area contributed by atoms with E-state index in [0.717, 1.165) is 17.8 Å². The second-order valence-corrected chi connectivity index (χ2v) is 4.68. The molecule has 0 amide bonds. The lowest BCUT2D eigenvalue weighted by atomic mass is 9.78. The zero-order valence-electron chi connectivity index (χ0n) is 7.51. The molecule has 1 aromatic rings. The minimum atomic E-state index is -0.291. The quantitative estimate of drug-likeness (QED) is 0.500. The molecular formula is C11H9NO2. The summed E-state index contributed by atoms with van der Waals surface area (Å²) in [5, 5.41) is 10.6. The van der Waals surface area contributed by atoms with Gasteiger partial charge in [-0.2, -0.15) is 0 Å². The molecule has 0 spiro atoms. The molecule has 70 valence electrons. The number of nitro benzene ring substituents is 1. The molecule has 0 unspecified atom stereocenters. The summed E-state index contributed by atoms with van der Waals surface area (Å²) in [4.78, 5) is 10.3. The van der Waals surface area contributed by atoms with Crippen LogP contribution < -0.4 is 0 Å². The van der Waals surface area contributed by atoms with Gasteiger partial charge in [-0.25, -0.2) is 0 Å². The van der Waals surface area contributed by atoms with Gasteiger partial charge in [-0.15, -0.1) is 0 Å². The van der Waals surface area contributed by atoms with Gasteiger partial charge in [-0.3, -0.25) is 10.1 Å². The van der Waals surface area contributed by atoms with E-state index in [2.05, 4.69) is 0 Å². The van der Waals surface area contributed by atoms with Crippen molar-refractivity contribution in [1.29, 1.82) is 0 Å². The molecule has 1 aromatic carbocycles. The van der Waals surface area contributed by atoms with Crippen molar-refractivity contribution in [2.75, 3.05) is 0 Å². The first-order valence-corrected chi connectivity index (χ1v) is 5.05. The first-order chi connectivity index (χ1) is 6.77. The van der Waals surface area contributed by atoms with E-state index in [1.54, 1.807) is 12.1 Å². The zero-order chi connectivity index (χ0) is 9.45. The number of fused-ring (bicyclic) bond motifs is 4. The van der Waals surface area contributed by atoms with Gasteiger partial charge in [0, 0.05) is 12.1 Å². The van der Waals surface area contributed by atoms with Crippen LogP contribution in [0.5, 0.6) is 0 Å². The van der Waals surface area contributed by atoms with Crippen molar-refractivity contribution >= 4 is 5.69 Å². The molecule has 3 aliphatic carbocycles. The Morgan fingerprint density at radius 2 is 2.21 bits per heavy atom. The summed E-state index contributed by atoms with van der Waals surface area (Å²) in [6.07, 6.45) is 1.28. The van der Waals surface area contributed by atoms with Crippen LogP contribution in [0.4, 0.5) is 5.69 Å². The highest BCUT2D eigenvalue weighted by Crippen LogP contribution is 2.78. The molecule has 0 radical (unpaired) electrons. The van der Waals surface area contributed by atoms with Gasteiger partial charge < -0.3 is 0 Å². The molecule has 14 heavy (non-hydrogen) atoms. The molecule has 2 saturated carbocycles. The third-order valence-electron chi connectivity index (χ3n) is 4.26. The van der Waals surface area contributed by atoms with Gasteiger partial charge in [0.05, 0.1) is 4.92 Å². The smallest absolute Gasteiger partial charge is 0.258 e. The Kier molecular flexibility index (Phi) is 0.923. The Hall–Kier alpha value is -1.38. The molecular weight excluding hydrogens is 178 g/mol. The van der Waals surface area contributed by atoms with E-state index in [1.165, 1.54) is 17.5 Å². The van der Waals surface area contributed by atoms with E-state index < -0.39 is 0 Å². The maximum absolute atomic E-state index is 10.6. The first kappa shape index (κ1) is 6.98. The van der Waals surface area contributed by atoms with Crippen LogP contribution in [-0.4, -0.2) is 4.92 Å². The second-order valence-electron chi connectivity index (χ2n) is 4.68. The minimum absolute atomic E-state index is 0.258. The third-order valence-corrected chi connectivity index (χ3v) is 4.26. The Morgan fingerprint density at radius 1 is 1.36 bits per heavy atom. The van der Waals surface area contributed by atoms with Crippen molar-refractivity contribution in [3.8, 4) is 0 Å². The number of benzene rings is 1. The molecule has 2 fully saturated rings. The summed E-state index contributed by atoms with van der Waals surface area (Å²) < 4.78 is 0. The predicted molar refractivity (Wildman–Crippen MR) is 50.2 cm³/mol. The van der Waals surface area contributed by atoms with Crippen molar-refractivity contribution < 1.29 is 4.92 Å². The Labute approximate surface area is 80.9 Å². The number of nitro groups is 1. The SMILES string of the molecule is O=[N+]([O-])c1ccc2c(c1)[C@H]1C[C@@H]3[C@@H]2[C@H]31.